The summed E-state index contributed by atoms with van der Waals surface area (Å²) in [6.45, 7) is 6.32. The molecular weight excluding hydrogens is 381 g/mol. The van der Waals surface area contributed by atoms with Gasteiger partial charge in [0.1, 0.15) is 11.9 Å². The van der Waals surface area contributed by atoms with Gasteiger partial charge in [-0.2, -0.15) is 5.10 Å². The normalized spacial score (nSPS) is 27.9. The van der Waals surface area contributed by atoms with E-state index in [2.05, 4.69) is 34.0 Å². The molecule has 5 rings (SSSR count). The Morgan fingerprint density at radius 3 is 2.87 bits per heavy atom. The summed E-state index contributed by atoms with van der Waals surface area (Å²) in [4.78, 5) is 4.02. The molecule has 0 spiro atoms. The van der Waals surface area contributed by atoms with Crippen LogP contribution in [0.3, 0.4) is 0 Å². The van der Waals surface area contributed by atoms with Crippen molar-refractivity contribution in [2.24, 2.45) is 5.92 Å². The highest BCUT2D eigenvalue weighted by molar-refractivity contribution is 5.70. The number of halogens is 1. The summed E-state index contributed by atoms with van der Waals surface area (Å²) in [5, 5.41) is 22.5. The molecule has 30 heavy (non-hydrogen) atoms. The monoisotopic (exact) mass is 405 g/mol. The van der Waals surface area contributed by atoms with E-state index in [4.69, 9.17) is 0 Å². The molecule has 1 unspecified atom stereocenters. The molecule has 2 aliphatic rings. The fraction of sp³-hybridized carbons (Fsp3) is 0.348. The summed E-state index contributed by atoms with van der Waals surface area (Å²) < 4.78 is 16.8. The number of nitrogens with zero attached hydrogens (tertiary/aromatic N) is 4. The maximum atomic E-state index is 15.0. The lowest BCUT2D eigenvalue weighted by molar-refractivity contribution is 0.135. The van der Waals surface area contributed by atoms with E-state index < -0.39 is 6.17 Å². The number of hydrogen-bond acceptors (Lipinski definition) is 5. The number of fused-ring (bicyclic) bond motifs is 2. The summed E-state index contributed by atoms with van der Waals surface area (Å²) in [6, 6.07) is 8.84. The minimum atomic E-state index is -0.964. The Bertz CT molecular complexity index is 1080. The number of phenols is 1. The lowest BCUT2D eigenvalue weighted by atomic mass is 9.78. The van der Waals surface area contributed by atoms with Gasteiger partial charge in [0, 0.05) is 41.5 Å². The third-order valence-corrected chi connectivity index (χ3v) is 6.48. The molecule has 154 valence electrons. The Kier molecular flexibility index (Phi) is 4.43. The quantitative estimate of drug-likeness (QED) is 0.688. The number of allylic oxidation sites excluding steroid dienone is 1. The Morgan fingerprint density at radius 1 is 1.30 bits per heavy atom. The average molecular weight is 405 g/mol. The topological polar surface area (TPSA) is 75.9 Å². The highest BCUT2D eigenvalue weighted by atomic mass is 19.1. The number of imidazole rings is 1. The second-order valence-electron chi connectivity index (χ2n) is 8.61. The predicted octanol–water partition coefficient (Wildman–Crippen LogP) is 3.92. The zero-order chi connectivity index (χ0) is 20.9. The summed E-state index contributed by atoms with van der Waals surface area (Å²) >= 11 is 0. The van der Waals surface area contributed by atoms with Gasteiger partial charge in [-0.25, -0.2) is 9.37 Å². The maximum absolute atomic E-state index is 15.0. The molecule has 7 heteroatoms. The highest BCUT2D eigenvalue weighted by Crippen LogP contribution is 2.44. The second-order valence-corrected chi connectivity index (χ2v) is 8.61. The van der Waals surface area contributed by atoms with Crippen LogP contribution < -0.4 is 5.32 Å². The molecule has 2 bridgehead atoms. The Labute approximate surface area is 174 Å². The van der Waals surface area contributed by atoms with Gasteiger partial charge in [-0.15, -0.1) is 5.10 Å². The van der Waals surface area contributed by atoms with Crippen LogP contribution in [-0.2, 0) is 0 Å². The lowest BCUT2D eigenvalue weighted by Gasteiger charge is -2.39. The molecule has 0 saturated carbocycles. The molecule has 4 atom stereocenters. The van der Waals surface area contributed by atoms with Gasteiger partial charge in [0.25, 0.3) is 0 Å². The van der Waals surface area contributed by atoms with Gasteiger partial charge >= 0.3 is 0 Å². The molecule has 1 aromatic carbocycles. The van der Waals surface area contributed by atoms with Crippen LogP contribution in [0.4, 0.5) is 4.39 Å². The number of rotatable bonds is 4. The fourth-order valence-electron chi connectivity index (χ4n) is 4.81. The van der Waals surface area contributed by atoms with Crippen molar-refractivity contribution in [2.45, 2.75) is 43.9 Å². The molecule has 2 aliphatic heterocycles. The number of hydrogen-bond donors (Lipinski definition) is 2. The second kappa shape index (κ2) is 7.02. The number of benzene rings is 1. The largest absolute Gasteiger partial charge is 0.507 e. The predicted molar refractivity (Wildman–Crippen MR) is 113 cm³/mol. The minimum absolute atomic E-state index is 0.0307. The first-order chi connectivity index (χ1) is 14.4. The van der Waals surface area contributed by atoms with Crippen LogP contribution in [-0.4, -0.2) is 42.6 Å². The van der Waals surface area contributed by atoms with E-state index in [0.29, 0.717) is 28.9 Å². The van der Waals surface area contributed by atoms with Gasteiger partial charge < -0.3 is 15.0 Å². The Morgan fingerprint density at radius 2 is 2.17 bits per heavy atom. The van der Waals surface area contributed by atoms with E-state index >= 15 is 0 Å². The number of alkyl halides is 1. The third-order valence-electron chi connectivity index (χ3n) is 6.48. The van der Waals surface area contributed by atoms with Crippen molar-refractivity contribution in [2.75, 3.05) is 0 Å². The van der Waals surface area contributed by atoms with Crippen LogP contribution in [0.2, 0.25) is 0 Å². The first kappa shape index (κ1) is 18.9. The Balaban J connectivity index is 1.38. The van der Waals surface area contributed by atoms with Crippen molar-refractivity contribution in [3.63, 3.8) is 0 Å². The first-order valence-corrected chi connectivity index (χ1v) is 10.2. The third kappa shape index (κ3) is 3.19. The molecule has 0 radical (unpaired) electrons. The Hall–Kier alpha value is -3.06. The van der Waals surface area contributed by atoms with Gasteiger partial charge in [0.05, 0.1) is 23.4 Å². The van der Waals surface area contributed by atoms with Crippen LogP contribution in [0, 0.1) is 5.92 Å². The number of aromatic hydroxyl groups is 1. The van der Waals surface area contributed by atoms with Gasteiger partial charge in [-0.3, -0.25) is 0 Å². The zero-order valence-electron chi connectivity index (χ0n) is 16.8. The van der Waals surface area contributed by atoms with Gasteiger partial charge in [-0.05, 0) is 56.0 Å². The van der Waals surface area contributed by atoms with Crippen molar-refractivity contribution < 1.29 is 9.50 Å². The molecule has 0 amide bonds. The number of piperidine rings is 1. The van der Waals surface area contributed by atoms with E-state index in [1.54, 1.807) is 36.9 Å². The maximum Gasteiger partial charge on any atom is 0.127 e. The van der Waals surface area contributed by atoms with Gasteiger partial charge in [0.2, 0.25) is 0 Å². The molecule has 3 aromatic rings. The standard InChI is InChI=1S/C23H24FN5O/c1-14(17-12-23(2)8-7-20(26-23)22(17)24)18-5-6-19(28-27-18)16-4-3-15(11-21(16)30)29-10-9-25-13-29/h3-6,9-11,13,17,20,22,26,30H,1,7-8,12H2,2H3/t17-,20+,22?,23+/m1/s1. The van der Waals surface area contributed by atoms with E-state index in [1.807, 2.05) is 16.7 Å². The fourth-order valence-corrected chi connectivity index (χ4v) is 4.81. The zero-order valence-corrected chi connectivity index (χ0v) is 16.8. The van der Waals surface area contributed by atoms with Gasteiger partial charge in [-0.1, -0.05) is 6.58 Å². The van der Waals surface area contributed by atoms with E-state index in [0.717, 1.165) is 18.5 Å². The van der Waals surface area contributed by atoms with Crippen LogP contribution in [0.25, 0.3) is 22.5 Å². The molecule has 6 nitrogen and oxygen atoms in total. The van der Waals surface area contributed by atoms with Gasteiger partial charge in [0.15, 0.2) is 0 Å². The van der Waals surface area contributed by atoms with Crippen molar-refractivity contribution in [3.05, 3.63) is 61.3 Å². The molecule has 0 aliphatic carbocycles. The average Bonchev–Trinajstić information content (AvgIpc) is 3.39. The van der Waals surface area contributed by atoms with Crippen LogP contribution in [0.5, 0.6) is 5.75 Å². The lowest BCUT2D eigenvalue weighted by Crippen LogP contribution is -2.53. The van der Waals surface area contributed by atoms with E-state index in [-0.39, 0.29) is 23.2 Å². The van der Waals surface area contributed by atoms with Crippen molar-refractivity contribution in [3.8, 4) is 22.7 Å². The van der Waals surface area contributed by atoms with E-state index in [9.17, 15) is 9.50 Å². The van der Waals surface area contributed by atoms with Crippen LogP contribution >= 0.6 is 0 Å². The smallest absolute Gasteiger partial charge is 0.127 e. The van der Waals surface area contributed by atoms with Crippen molar-refractivity contribution in [1.82, 2.24) is 25.1 Å². The summed E-state index contributed by atoms with van der Waals surface area (Å²) in [5.41, 5.74) is 3.20. The summed E-state index contributed by atoms with van der Waals surface area (Å²) in [6.07, 6.45) is 6.75. The summed E-state index contributed by atoms with van der Waals surface area (Å²) in [7, 11) is 0. The molecule has 2 aromatic heterocycles. The molecule has 2 N–H and O–H groups in total. The minimum Gasteiger partial charge on any atom is -0.507 e. The van der Waals surface area contributed by atoms with Crippen LogP contribution in [0.15, 0.2) is 55.6 Å². The molecular formula is C23H24FN5O. The van der Waals surface area contributed by atoms with Crippen molar-refractivity contribution >= 4 is 5.57 Å². The molecule has 2 saturated heterocycles. The number of phenolic OH excluding ortho intramolecular Hbond substituents is 1. The van der Waals surface area contributed by atoms with Crippen LogP contribution in [0.1, 0.15) is 31.9 Å². The van der Waals surface area contributed by atoms with Crippen molar-refractivity contribution in [1.29, 1.82) is 0 Å². The summed E-state index contributed by atoms with van der Waals surface area (Å²) in [5.74, 6) is -0.152. The SMILES string of the molecule is C=C(c1ccc(-c2ccc(-n3ccnc3)cc2O)nn1)[C@H]1C[C@]2(C)CC[C@H](N2)C1F. The number of aromatic nitrogens is 4. The molecule has 4 heterocycles. The number of nitrogens with one attached hydrogen (secondary N) is 1. The van der Waals surface area contributed by atoms with E-state index in [1.165, 1.54) is 0 Å². The molecule has 2 fully saturated rings. The highest BCUT2D eigenvalue weighted by Gasteiger charge is 2.49. The first-order valence-electron chi connectivity index (χ1n) is 10.2.